The number of hydrogen-bond donors (Lipinski definition) is 3. The molecule has 1 amide bonds. The molecule has 0 aromatic heterocycles. The van der Waals surface area contributed by atoms with Gasteiger partial charge < -0.3 is 14.6 Å². The Labute approximate surface area is 241 Å². The Kier molecular flexibility index (Phi) is 8.60. The summed E-state index contributed by atoms with van der Waals surface area (Å²) in [5.41, 5.74) is 5.55. The second-order valence-electron chi connectivity index (χ2n) is 9.52. The fraction of sp³-hybridized carbons (Fsp3) is 0.188. The van der Waals surface area contributed by atoms with Gasteiger partial charge in [0.2, 0.25) is 5.90 Å². The molecule has 1 aliphatic rings. The third-order valence-corrected chi connectivity index (χ3v) is 7.67. The molecule has 4 N–H and O–H groups in total. The zero-order chi connectivity index (χ0) is 28.0. The number of amides is 1. The molecule has 4 aromatic carbocycles. The smallest absolute Gasteiger partial charge is 0.266 e. The molecule has 5 rings (SSSR count). The van der Waals surface area contributed by atoms with E-state index in [1.54, 1.807) is 0 Å². The Morgan fingerprint density at radius 2 is 1.57 bits per heavy atom. The highest BCUT2D eigenvalue weighted by atomic mass is 79.9. The van der Waals surface area contributed by atoms with Gasteiger partial charge in [-0.2, -0.15) is 0 Å². The number of ether oxygens (including phenoxy) is 2. The van der Waals surface area contributed by atoms with Crippen LogP contribution in [0.1, 0.15) is 29.2 Å². The first kappa shape index (κ1) is 27.6. The maximum absolute atomic E-state index is 13.6. The minimum atomic E-state index is -1.36. The third-order valence-electron chi connectivity index (χ3n) is 6.90. The first-order valence-electron chi connectivity index (χ1n) is 13.0. The number of aliphatic hydroxyl groups excluding tert-OH is 1. The van der Waals surface area contributed by atoms with Crippen molar-refractivity contribution < 1.29 is 19.4 Å². The standard InChI is InChI=1S/C32H30BrN3O4/c33-28-10-5-4-9-26(28)21-32(31(38)36-34)29(24-13-11-23(12-14-24)22-7-2-1-3-8-22)40-30(35-32)25-15-17-27(18-16-25)39-20-6-19-37/h1-5,7-18,29,37H,6,19-21,34H2,(H,36,38)/t29-,32-/m0/s1. The van der Waals surface area contributed by atoms with Gasteiger partial charge in [0, 0.05) is 29.5 Å². The number of aliphatic hydroxyl groups is 1. The highest BCUT2D eigenvalue weighted by Crippen LogP contribution is 2.43. The van der Waals surface area contributed by atoms with Crippen molar-refractivity contribution in [3.05, 3.63) is 124 Å². The maximum Gasteiger partial charge on any atom is 0.266 e. The number of carbonyl (C=O) groups excluding carboxylic acids is 1. The summed E-state index contributed by atoms with van der Waals surface area (Å²) >= 11 is 3.62. The molecule has 0 unspecified atom stereocenters. The number of rotatable bonds is 10. The van der Waals surface area contributed by atoms with Gasteiger partial charge in [0.05, 0.1) is 6.61 Å². The van der Waals surface area contributed by atoms with E-state index in [1.807, 2.05) is 91.0 Å². The van der Waals surface area contributed by atoms with Crippen LogP contribution in [0.15, 0.2) is 113 Å². The van der Waals surface area contributed by atoms with Crippen LogP contribution in [0.4, 0.5) is 0 Å². The summed E-state index contributed by atoms with van der Waals surface area (Å²) < 4.78 is 13.0. The number of carbonyl (C=O) groups is 1. The van der Waals surface area contributed by atoms with Gasteiger partial charge in [-0.1, -0.05) is 88.7 Å². The Morgan fingerprint density at radius 3 is 2.25 bits per heavy atom. The monoisotopic (exact) mass is 599 g/mol. The summed E-state index contributed by atoms with van der Waals surface area (Å²) in [6.45, 7) is 0.485. The fourth-order valence-electron chi connectivity index (χ4n) is 4.82. The second-order valence-corrected chi connectivity index (χ2v) is 10.4. The molecule has 1 aliphatic heterocycles. The lowest BCUT2D eigenvalue weighted by atomic mass is 9.82. The van der Waals surface area contributed by atoms with E-state index in [4.69, 9.17) is 25.4 Å². The normalized spacial score (nSPS) is 18.1. The van der Waals surface area contributed by atoms with Crippen molar-refractivity contribution >= 4 is 27.7 Å². The molecular formula is C32H30BrN3O4. The molecular weight excluding hydrogens is 570 g/mol. The third kappa shape index (κ3) is 5.79. The second kappa shape index (κ2) is 12.5. The van der Waals surface area contributed by atoms with Gasteiger partial charge in [0.15, 0.2) is 11.6 Å². The fourth-order valence-corrected chi connectivity index (χ4v) is 5.25. The van der Waals surface area contributed by atoms with Gasteiger partial charge >= 0.3 is 0 Å². The quantitative estimate of drug-likeness (QED) is 0.0983. The summed E-state index contributed by atoms with van der Waals surface area (Å²) in [4.78, 5) is 18.6. The van der Waals surface area contributed by atoms with E-state index < -0.39 is 17.6 Å². The van der Waals surface area contributed by atoms with Crippen LogP contribution < -0.4 is 16.0 Å². The Balaban J connectivity index is 1.54. The lowest BCUT2D eigenvalue weighted by Crippen LogP contribution is -2.52. The largest absolute Gasteiger partial charge is 0.494 e. The lowest BCUT2D eigenvalue weighted by molar-refractivity contribution is -0.129. The first-order valence-corrected chi connectivity index (χ1v) is 13.8. The van der Waals surface area contributed by atoms with Crippen LogP contribution in [0, 0.1) is 0 Å². The van der Waals surface area contributed by atoms with Gasteiger partial charge in [0.25, 0.3) is 5.91 Å². The summed E-state index contributed by atoms with van der Waals surface area (Å²) in [6.07, 6.45) is 0.0751. The molecule has 40 heavy (non-hydrogen) atoms. The summed E-state index contributed by atoms with van der Waals surface area (Å²) in [6, 6.07) is 33.2. The Hall–Kier alpha value is -3.98. The molecule has 8 heteroatoms. The average Bonchev–Trinajstić information content (AvgIpc) is 3.39. The topological polar surface area (TPSA) is 106 Å². The van der Waals surface area contributed by atoms with E-state index in [9.17, 15) is 4.79 Å². The number of nitrogens with zero attached hydrogens (tertiary/aromatic N) is 1. The molecule has 0 saturated heterocycles. The Bertz CT molecular complexity index is 1480. The Morgan fingerprint density at radius 1 is 0.925 bits per heavy atom. The predicted octanol–water partition coefficient (Wildman–Crippen LogP) is 5.37. The molecule has 4 aromatic rings. The maximum atomic E-state index is 13.6. The highest BCUT2D eigenvalue weighted by molar-refractivity contribution is 9.10. The number of benzene rings is 4. The molecule has 2 atom stereocenters. The van der Waals surface area contributed by atoms with Crippen LogP contribution in [0.3, 0.4) is 0 Å². The molecule has 0 radical (unpaired) electrons. The number of hydrogen-bond acceptors (Lipinski definition) is 6. The molecule has 0 bridgehead atoms. The molecule has 0 aliphatic carbocycles. The number of nitrogens with two attached hydrogens (primary N) is 1. The van der Waals surface area contributed by atoms with Crippen LogP contribution in [0.5, 0.6) is 5.75 Å². The van der Waals surface area contributed by atoms with Crippen molar-refractivity contribution in [3.63, 3.8) is 0 Å². The summed E-state index contributed by atoms with van der Waals surface area (Å²) in [7, 11) is 0. The van der Waals surface area contributed by atoms with Gasteiger partial charge in [-0.3, -0.25) is 10.2 Å². The number of nitrogens with one attached hydrogen (secondary N) is 1. The molecule has 0 saturated carbocycles. The zero-order valence-electron chi connectivity index (χ0n) is 21.8. The van der Waals surface area contributed by atoms with E-state index in [0.29, 0.717) is 30.2 Å². The van der Waals surface area contributed by atoms with Crippen LogP contribution in [-0.2, 0) is 16.0 Å². The summed E-state index contributed by atoms with van der Waals surface area (Å²) in [5, 5.41) is 9.00. The average molecular weight is 601 g/mol. The lowest BCUT2D eigenvalue weighted by Gasteiger charge is -2.30. The number of halogens is 1. The molecule has 204 valence electrons. The van der Waals surface area contributed by atoms with E-state index in [0.717, 1.165) is 26.7 Å². The van der Waals surface area contributed by atoms with E-state index in [1.165, 1.54) is 0 Å². The van der Waals surface area contributed by atoms with E-state index >= 15 is 0 Å². The van der Waals surface area contributed by atoms with E-state index in [-0.39, 0.29) is 13.0 Å². The number of aliphatic imine (C=N–C) groups is 1. The molecule has 1 heterocycles. The van der Waals surface area contributed by atoms with Crippen molar-refractivity contribution in [1.29, 1.82) is 0 Å². The van der Waals surface area contributed by atoms with Crippen LogP contribution in [0.25, 0.3) is 11.1 Å². The van der Waals surface area contributed by atoms with Crippen LogP contribution in [0.2, 0.25) is 0 Å². The zero-order valence-corrected chi connectivity index (χ0v) is 23.4. The van der Waals surface area contributed by atoms with Crippen molar-refractivity contribution in [1.82, 2.24) is 5.43 Å². The first-order chi connectivity index (χ1) is 19.5. The minimum absolute atomic E-state index is 0.0687. The minimum Gasteiger partial charge on any atom is -0.494 e. The number of hydrazine groups is 1. The van der Waals surface area contributed by atoms with Crippen molar-refractivity contribution in [2.24, 2.45) is 10.8 Å². The predicted molar refractivity (Wildman–Crippen MR) is 159 cm³/mol. The summed E-state index contributed by atoms with van der Waals surface area (Å²) in [5.74, 6) is 6.33. The van der Waals surface area contributed by atoms with Crippen molar-refractivity contribution in [3.8, 4) is 16.9 Å². The van der Waals surface area contributed by atoms with Crippen LogP contribution >= 0.6 is 15.9 Å². The molecule has 0 spiro atoms. The van der Waals surface area contributed by atoms with Crippen LogP contribution in [-0.4, -0.2) is 35.7 Å². The van der Waals surface area contributed by atoms with Gasteiger partial charge in [-0.15, -0.1) is 0 Å². The highest BCUT2D eigenvalue weighted by Gasteiger charge is 2.53. The van der Waals surface area contributed by atoms with Crippen molar-refractivity contribution in [2.45, 2.75) is 24.5 Å². The SMILES string of the molecule is NNC(=O)[C@@]1(Cc2ccccc2Br)N=C(c2ccc(OCCCO)cc2)O[C@H]1c1ccc(-c2ccccc2)cc1. The van der Waals surface area contributed by atoms with Gasteiger partial charge in [-0.05, 0) is 52.6 Å². The van der Waals surface area contributed by atoms with E-state index in [2.05, 4.69) is 33.5 Å². The van der Waals surface area contributed by atoms with Gasteiger partial charge in [0.1, 0.15) is 5.75 Å². The molecule has 0 fully saturated rings. The molecule has 7 nitrogen and oxygen atoms in total. The van der Waals surface area contributed by atoms with Gasteiger partial charge in [-0.25, -0.2) is 10.8 Å². The van der Waals surface area contributed by atoms with Crippen molar-refractivity contribution in [2.75, 3.05) is 13.2 Å².